The van der Waals surface area contributed by atoms with E-state index in [-0.39, 0.29) is 22.7 Å². The van der Waals surface area contributed by atoms with Crippen LogP contribution >= 0.6 is 0 Å². The lowest BCUT2D eigenvalue weighted by atomic mass is 10.1. The van der Waals surface area contributed by atoms with Gasteiger partial charge in [-0.1, -0.05) is 6.07 Å². The molecule has 2 aliphatic rings. The first-order valence-corrected chi connectivity index (χ1v) is 5.96. The maximum atomic E-state index is 11.7. The average Bonchev–Trinajstić information content (AvgIpc) is 2.45. The van der Waals surface area contributed by atoms with Gasteiger partial charge in [-0.15, -0.1) is 0 Å². The zero-order chi connectivity index (χ0) is 15.1. The zero-order valence-corrected chi connectivity index (χ0v) is 10.9. The fourth-order valence-electron chi connectivity index (χ4n) is 2.13. The van der Waals surface area contributed by atoms with Crippen molar-refractivity contribution < 1.29 is 19.1 Å². The van der Waals surface area contributed by atoms with Gasteiger partial charge < -0.3 is 20.0 Å². The summed E-state index contributed by atoms with van der Waals surface area (Å²) in [5.74, 6) is -0.848. The van der Waals surface area contributed by atoms with Gasteiger partial charge in [0.15, 0.2) is 11.3 Å². The normalized spacial score (nSPS) is 10.9. The number of hydrogen-bond acceptors (Lipinski definition) is 6. The van der Waals surface area contributed by atoms with Crippen LogP contribution in [0.25, 0.3) is 22.6 Å². The third-order valence-electron chi connectivity index (χ3n) is 3.11. The Bertz CT molecular complexity index is 900. The SMILES string of the molecule is COc1cccc2oc3cc(=O)c(N)c(C(=O)O)c-3nc12. The van der Waals surface area contributed by atoms with Crippen LogP contribution < -0.4 is 15.9 Å². The van der Waals surface area contributed by atoms with Crippen molar-refractivity contribution in [2.75, 3.05) is 12.8 Å². The summed E-state index contributed by atoms with van der Waals surface area (Å²) in [4.78, 5) is 27.3. The molecule has 1 aliphatic carbocycles. The maximum Gasteiger partial charge on any atom is 0.340 e. The number of carboxylic acids is 1. The predicted molar refractivity (Wildman–Crippen MR) is 74.8 cm³/mol. The van der Waals surface area contributed by atoms with E-state index in [1.807, 2.05) is 0 Å². The van der Waals surface area contributed by atoms with Crippen LogP contribution in [-0.2, 0) is 0 Å². The van der Waals surface area contributed by atoms with Gasteiger partial charge in [0.05, 0.1) is 12.8 Å². The number of methoxy groups -OCH3 is 1. The molecule has 3 N–H and O–H groups in total. The Kier molecular flexibility index (Phi) is 2.76. The van der Waals surface area contributed by atoms with Gasteiger partial charge in [0.1, 0.15) is 22.5 Å². The summed E-state index contributed by atoms with van der Waals surface area (Å²) in [6.45, 7) is 0. The molecule has 0 fully saturated rings. The van der Waals surface area contributed by atoms with E-state index in [9.17, 15) is 14.7 Å². The van der Waals surface area contributed by atoms with Gasteiger partial charge in [0.2, 0.25) is 5.43 Å². The molecule has 1 aromatic carbocycles. The van der Waals surface area contributed by atoms with E-state index in [0.29, 0.717) is 16.8 Å². The summed E-state index contributed by atoms with van der Waals surface area (Å²) in [6, 6.07) is 6.14. The first kappa shape index (κ1) is 12.9. The summed E-state index contributed by atoms with van der Waals surface area (Å²) in [7, 11) is 1.47. The second kappa shape index (κ2) is 4.48. The maximum absolute atomic E-state index is 11.7. The van der Waals surface area contributed by atoms with Gasteiger partial charge in [0.25, 0.3) is 0 Å². The molecule has 0 bridgehead atoms. The number of fused-ring (bicyclic) bond motifs is 2. The highest BCUT2D eigenvalue weighted by Gasteiger charge is 2.24. The van der Waals surface area contributed by atoms with Crippen LogP contribution in [0.4, 0.5) is 5.69 Å². The predicted octanol–water partition coefficient (Wildman–Crippen LogP) is 1.58. The Hall–Kier alpha value is -3.09. The molecule has 0 aromatic heterocycles. The lowest BCUT2D eigenvalue weighted by Crippen LogP contribution is -2.17. The number of anilines is 1. The number of hydrogen-bond donors (Lipinski definition) is 2. The van der Waals surface area contributed by atoms with Crippen molar-refractivity contribution in [3.8, 4) is 17.2 Å². The van der Waals surface area contributed by atoms with E-state index in [1.165, 1.54) is 7.11 Å². The van der Waals surface area contributed by atoms with E-state index >= 15 is 0 Å². The van der Waals surface area contributed by atoms with Gasteiger partial charge in [-0.05, 0) is 12.1 Å². The molecular weight excluding hydrogens is 276 g/mol. The molecule has 0 spiro atoms. The van der Waals surface area contributed by atoms with Gasteiger partial charge in [-0.25, -0.2) is 9.78 Å². The molecule has 0 radical (unpaired) electrons. The number of nitrogens with two attached hydrogens (primary N) is 1. The number of nitrogen functional groups attached to an aromatic ring is 1. The monoisotopic (exact) mass is 286 g/mol. The lowest BCUT2D eigenvalue weighted by molar-refractivity contribution is 0.0698. The van der Waals surface area contributed by atoms with Gasteiger partial charge in [-0.2, -0.15) is 0 Å². The first-order valence-electron chi connectivity index (χ1n) is 5.96. The van der Waals surface area contributed by atoms with Gasteiger partial charge in [-0.3, -0.25) is 4.79 Å². The van der Waals surface area contributed by atoms with Crippen molar-refractivity contribution >= 4 is 22.8 Å². The van der Waals surface area contributed by atoms with Crippen molar-refractivity contribution in [2.45, 2.75) is 0 Å². The second-order valence-corrected chi connectivity index (χ2v) is 4.34. The van der Waals surface area contributed by atoms with E-state index in [2.05, 4.69) is 4.98 Å². The molecule has 1 aromatic rings. The number of aromatic carboxylic acids is 1. The molecule has 0 amide bonds. The summed E-state index contributed by atoms with van der Waals surface area (Å²) in [5.41, 5.74) is 4.95. The molecule has 7 heteroatoms. The van der Waals surface area contributed by atoms with Crippen LogP contribution in [0.5, 0.6) is 5.75 Å². The van der Waals surface area contributed by atoms with Crippen LogP contribution in [0.3, 0.4) is 0 Å². The topological polar surface area (TPSA) is 116 Å². The molecule has 3 rings (SSSR count). The molecule has 7 nitrogen and oxygen atoms in total. The Labute approximate surface area is 117 Å². The van der Waals surface area contributed by atoms with Crippen LogP contribution in [0.1, 0.15) is 10.4 Å². The highest BCUT2D eigenvalue weighted by Crippen LogP contribution is 2.32. The van der Waals surface area contributed by atoms with E-state index < -0.39 is 11.4 Å². The van der Waals surface area contributed by atoms with Crippen LogP contribution in [0, 0.1) is 0 Å². The number of carbonyl (C=O) groups is 1. The highest BCUT2D eigenvalue weighted by atomic mass is 16.5. The van der Waals surface area contributed by atoms with E-state index in [4.69, 9.17) is 14.9 Å². The molecule has 0 atom stereocenters. The quantitative estimate of drug-likeness (QED) is 0.542. The molecule has 0 saturated carbocycles. The number of para-hydroxylation sites is 1. The smallest absolute Gasteiger partial charge is 0.340 e. The standard InChI is InChI=1S/C14H10N2O5/c1-20-7-3-2-4-8-12(7)16-13-9(21-8)5-6(17)11(15)10(13)14(18)19/h2-5H,15H2,1H3,(H,18,19). The average molecular weight is 286 g/mol. The number of benzene rings is 2. The fraction of sp³-hybridized carbons (Fsp3) is 0.0714. The second-order valence-electron chi connectivity index (χ2n) is 4.34. The van der Waals surface area contributed by atoms with E-state index in [0.717, 1.165) is 6.07 Å². The minimum absolute atomic E-state index is 0.0107. The van der Waals surface area contributed by atoms with Gasteiger partial charge >= 0.3 is 5.97 Å². The van der Waals surface area contributed by atoms with Crippen molar-refractivity contribution in [3.63, 3.8) is 0 Å². The fourth-order valence-corrected chi connectivity index (χ4v) is 2.13. The molecule has 1 aliphatic heterocycles. The number of carboxylic acid groups (broad SMARTS) is 1. The lowest BCUT2D eigenvalue weighted by Gasteiger charge is -2.11. The Morgan fingerprint density at radius 3 is 2.86 bits per heavy atom. The van der Waals surface area contributed by atoms with Crippen molar-refractivity contribution in [2.24, 2.45) is 0 Å². The minimum Gasteiger partial charge on any atom is -0.494 e. The largest absolute Gasteiger partial charge is 0.494 e. The highest BCUT2D eigenvalue weighted by molar-refractivity contribution is 6.01. The molecule has 106 valence electrons. The molecule has 0 saturated heterocycles. The Morgan fingerprint density at radius 2 is 2.19 bits per heavy atom. The summed E-state index contributed by atoms with van der Waals surface area (Å²) in [5, 5.41) is 9.25. The number of ether oxygens (including phenoxy) is 1. The van der Waals surface area contributed by atoms with Gasteiger partial charge in [0, 0.05) is 6.07 Å². The minimum atomic E-state index is -1.34. The third kappa shape index (κ3) is 1.86. The number of rotatable bonds is 2. The third-order valence-corrected chi connectivity index (χ3v) is 3.11. The number of nitrogens with zero attached hydrogens (tertiary/aromatic N) is 1. The summed E-state index contributed by atoms with van der Waals surface area (Å²) >= 11 is 0. The number of aromatic nitrogens is 1. The first-order chi connectivity index (χ1) is 10.0. The Balaban J connectivity index is 2.53. The molecule has 0 unspecified atom stereocenters. The van der Waals surface area contributed by atoms with Crippen LogP contribution in [0.15, 0.2) is 33.5 Å². The van der Waals surface area contributed by atoms with E-state index in [1.54, 1.807) is 18.2 Å². The van der Waals surface area contributed by atoms with Crippen molar-refractivity contribution in [3.05, 3.63) is 40.1 Å². The summed E-state index contributed by atoms with van der Waals surface area (Å²) < 4.78 is 10.7. The van der Waals surface area contributed by atoms with Crippen molar-refractivity contribution in [1.29, 1.82) is 0 Å². The Morgan fingerprint density at radius 1 is 1.43 bits per heavy atom. The molecular formula is C14H10N2O5. The van der Waals surface area contributed by atoms with Crippen LogP contribution in [0.2, 0.25) is 0 Å². The van der Waals surface area contributed by atoms with Crippen molar-refractivity contribution in [1.82, 2.24) is 4.98 Å². The zero-order valence-electron chi connectivity index (χ0n) is 10.9. The molecule has 1 heterocycles. The van der Waals surface area contributed by atoms with Crippen LogP contribution in [-0.4, -0.2) is 23.2 Å². The summed E-state index contributed by atoms with van der Waals surface area (Å²) in [6.07, 6.45) is 0. The molecule has 21 heavy (non-hydrogen) atoms.